The third-order valence-electron chi connectivity index (χ3n) is 2.80. The highest BCUT2D eigenvalue weighted by molar-refractivity contribution is 5.14. The lowest BCUT2D eigenvalue weighted by molar-refractivity contribution is 0.107. The Kier molecular flexibility index (Phi) is 4.50. The summed E-state index contributed by atoms with van der Waals surface area (Å²) in [6, 6.07) is 10.3. The van der Waals surface area contributed by atoms with Crippen LogP contribution in [0.2, 0.25) is 0 Å². The maximum absolute atomic E-state index is 9.98. The van der Waals surface area contributed by atoms with E-state index in [4.69, 9.17) is 0 Å². The average Bonchev–Trinajstić information content (AvgIpc) is 2.82. The largest absolute Gasteiger partial charge is 0.390 e. The van der Waals surface area contributed by atoms with Crippen LogP contribution in [0.3, 0.4) is 0 Å². The molecule has 1 aromatic carbocycles. The van der Waals surface area contributed by atoms with Gasteiger partial charge in [0.15, 0.2) is 0 Å². The third kappa shape index (κ3) is 3.98. The molecular formula is C14H19N3O. The van der Waals surface area contributed by atoms with Crippen molar-refractivity contribution in [1.29, 1.82) is 0 Å². The van der Waals surface area contributed by atoms with Crippen molar-refractivity contribution in [3.05, 3.63) is 54.6 Å². The van der Waals surface area contributed by atoms with Crippen molar-refractivity contribution in [2.24, 2.45) is 0 Å². The highest BCUT2D eigenvalue weighted by Crippen LogP contribution is 2.04. The predicted octanol–water partition coefficient (Wildman–Crippen LogP) is 1.38. The van der Waals surface area contributed by atoms with Gasteiger partial charge in [0.1, 0.15) is 0 Å². The molecule has 1 heterocycles. The van der Waals surface area contributed by atoms with Gasteiger partial charge in [0.25, 0.3) is 0 Å². The van der Waals surface area contributed by atoms with Crippen molar-refractivity contribution < 1.29 is 5.11 Å². The van der Waals surface area contributed by atoms with Crippen LogP contribution in [-0.2, 0) is 13.1 Å². The van der Waals surface area contributed by atoms with Gasteiger partial charge in [-0.2, -0.15) is 0 Å². The Bertz CT molecular complexity index is 441. The zero-order valence-corrected chi connectivity index (χ0v) is 10.6. The number of rotatable bonds is 6. The van der Waals surface area contributed by atoms with Gasteiger partial charge >= 0.3 is 0 Å². The van der Waals surface area contributed by atoms with Crippen LogP contribution in [0.15, 0.2) is 49.1 Å². The first kappa shape index (κ1) is 12.8. The SMILES string of the molecule is CN(Cc1ccccc1)CC(O)Cn1ccnc1. The minimum Gasteiger partial charge on any atom is -0.390 e. The average molecular weight is 245 g/mol. The van der Waals surface area contributed by atoms with E-state index in [0.29, 0.717) is 13.1 Å². The number of aliphatic hydroxyl groups excluding tert-OH is 1. The third-order valence-corrected chi connectivity index (χ3v) is 2.80. The summed E-state index contributed by atoms with van der Waals surface area (Å²) in [5.41, 5.74) is 1.26. The molecule has 4 heteroatoms. The van der Waals surface area contributed by atoms with Gasteiger partial charge in [0.05, 0.1) is 19.0 Å². The Morgan fingerprint density at radius 2 is 2.11 bits per heavy atom. The molecule has 1 unspecified atom stereocenters. The Labute approximate surface area is 108 Å². The summed E-state index contributed by atoms with van der Waals surface area (Å²) in [5.74, 6) is 0. The lowest BCUT2D eigenvalue weighted by atomic mass is 10.2. The van der Waals surface area contributed by atoms with Crippen LogP contribution in [0.4, 0.5) is 0 Å². The van der Waals surface area contributed by atoms with Gasteiger partial charge in [-0.25, -0.2) is 4.98 Å². The first-order chi connectivity index (χ1) is 8.74. The molecule has 0 aliphatic carbocycles. The van der Waals surface area contributed by atoms with Gasteiger partial charge in [-0.05, 0) is 12.6 Å². The molecule has 2 aromatic rings. The number of hydrogen-bond donors (Lipinski definition) is 1. The van der Waals surface area contributed by atoms with Crippen LogP contribution in [0.5, 0.6) is 0 Å². The van der Waals surface area contributed by atoms with Crippen LogP contribution in [0, 0.1) is 0 Å². The van der Waals surface area contributed by atoms with Crippen molar-refractivity contribution in [3.8, 4) is 0 Å². The molecule has 0 saturated carbocycles. The molecule has 1 aromatic heterocycles. The number of likely N-dealkylation sites (N-methyl/N-ethyl adjacent to an activating group) is 1. The first-order valence-corrected chi connectivity index (χ1v) is 6.10. The predicted molar refractivity (Wildman–Crippen MR) is 71.0 cm³/mol. The fourth-order valence-electron chi connectivity index (χ4n) is 2.02. The number of aromatic nitrogens is 2. The van der Waals surface area contributed by atoms with E-state index in [1.807, 2.05) is 36.0 Å². The highest BCUT2D eigenvalue weighted by Gasteiger charge is 2.09. The molecule has 0 aliphatic heterocycles. The number of benzene rings is 1. The van der Waals surface area contributed by atoms with Crippen LogP contribution < -0.4 is 0 Å². The minimum atomic E-state index is -0.382. The standard InChI is InChI=1S/C14H19N3O/c1-16(9-13-5-3-2-4-6-13)10-14(18)11-17-8-7-15-12-17/h2-8,12,14,18H,9-11H2,1H3. The van der Waals surface area contributed by atoms with Crippen LogP contribution in [0.1, 0.15) is 5.56 Å². The van der Waals surface area contributed by atoms with E-state index >= 15 is 0 Å². The van der Waals surface area contributed by atoms with E-state index in [2.05, 4.69) is 22.0 Å². The molecule has 4 nitrogen and oxygen atoms in total. The molecule has 1 atom stereocenters. The van der Waals surface area contributed by atoms with E-state index in [1.165, 1.54) is 5.56 Å². The molecule has 0 amide bonds. The van der Waals surface area contributed by atoms with Crippen LogP contribution >= 0.6 is 0 Å². The summed E-state index contributed by atoms with van der Waals surface area (Å²) in [4.78, 5) is 6.08. The van der Waals surface area contributed by atoms with E-state index < -0.39 is 0 Å². The number of imidazole rings is 1. The van der Waals surface area contributed by atoms with Crippen LogP contribution in [0.25, 0.3) is 0 Å². The monoisotopic (exact) mass is 245 g/mol. The molecular weight excluding hydrogens is 226 g/mol. The lowest BCUT2D eigenvalue weighted by Crippen LogP contribution is -2.31. The van der Waals surface area contributed by atoms with Crippen molar-refractivity contribution >= 4 is 0 Å². The van der Waals surface area contributed by atoms with E-state index in [9.17, 15) is 5.11 Å². The number of hydrogen-bond acceptors (Lipinski definition) is 3. The Balaban J connectivity index is 1.78. The fraction of sp³-hybridized carbons (Fsp3) is 0.357. The fourth-order valence-corrected chi connectivity index (χ4v) is 2.02. The van der Waals surface area contributed by atoms with Crippen molar-refractivity contribution in [2.45, 2.75) is 19.2 Å². The Morgan fingerprint density at radius 3 is 2.78 bits per heavy atom. The Morgan fingerprint density at radius 1 is 1.33 bits per heavy atom. The topological polar surface area (TPSA) is 41.3 Å². The summed E-state index contributed by atoms with van der Waals surface area (Å²) < 4.78 is 1.89. The molecule has 0 fully saturated rings. The molecule has 2 rings (SSSR count). The molecule has 0 aliphatic rings. The maximum Gasteiger partial charge on any atom is 0.0946 e. The van der Waals surface area contributed by atoms with Gasteiger partial charge in [0.2, 0.25) is 0 Å². The molecule has 0 radical (unpaired) electrons. The smallest absolute Gasteiger partial charge is 0.0946 e. The molecule has 18 heavy (non-hydrogen) atoms. The lowest BCUT2D eigenvalue weighted by Gasteiger charge is -2.20. The van der Waals surface area contributed by atoms with Gasteiger partial charge in [-0.1, -0.05) is 30.3 Å². The van der Waals surface area contributed by atoms with Gasteiger partial charge < -0.3 is 9.67 Å². The second-order valence-electron chi connectivity index (χ2n) is 4.60. The minimum absolute atomic E-state index is 0.382. The number of aliphatic hydroxyl groups is 1. The maximum atomic E-state index is 9.98. The molecule has 96 valence electrons. The van der Waals surface area contributed by atoms with Gasteiger partial charge in [-0.3, -0.25) is 4.90 Å². The first-order valence-electron chi connectivity index (χ1n) is 6.10. The number of nitrogens with zero attached hydrogens (tertiary/aromatic N) is 3. The zero-order chi connectivity index (χ0) is 12.8. The normalized spacial score (nSPS) is 12.8. The summed E-state index contributed by atoms with van der Waals surface area (Å²) in [5, 5.41) is 9.98. The Hall–Kier alpha value is -1.65. The van der Waals surface area contributed by atoms with Crippen molar-refractivity contribution in [3.63, 3.8) is 0 Å². The second kappa shape index (κ2) is 6.33. The van der Waals surface area contributed by atoms with E-state index in [-0.39, 0.29) is 6.10 Å². The van der Waals surface area contributed by atoms with Crippen molar-refractivity contribution in [1.82, 2.24) is 14.5 Å². The summed E-state index contributed by atoms with van der Waals surface area (Å²) >= 11 is 0. The van der Waals surface area contributed by atoms with Gasteiger partial charge in [-0.15, -0.1) is 0 Å². The highest BCUT2D eigenvalue weighted by atomic mass is 16.3. The molecule has 0 bridgehead atoms. The summed E-state index contributed by atoms with van der Waals surface area (Å²) in [6.07, 6.45) is 4.93. The molecule has 0 spiro atoms. The summed E-state index contributed by atoms with van der Waals surface area (Å²) in [7, 11) is 2.02. The van der Waals surface area contributed by atoms with E-state index in [0.717, 1.165) is 6.54 Å². The molecule has 1 N–H and O–H groups in total. The quantitative estimate of drug-likeness (QED) is 0.836. The summed E-state index contributed by atoms with van der Waals surface area (Å²) in [6.45, 7) is 2.08. The van der Waals surface area contributed by atoms with E-state index in [1.54, 1.807) is 12.5 Å². The van der Waals surface area contributed by atoms with Crippen molar-refractivity contribution in [2.75, 3.05) is 13.6 Å². The zero-order valence-electron chi connectivity index (χ0n) is 10.6. The van der Waals surface area contributed by atoms with Gasteiger partial charge in [0, 0.05) is 25.5 Å². The second-order valence-corrected chi connectivity index (χ2v) is 4.60. The van der Waals surface area contributed by atoms with Crippen LogP contribution in [-0.4, -0.2) is 39.3 Å². The molecule has 0 saturated heterocycles.